The van der Waals surface area contributed by atoms with Crippen LogP contribution < -0.4 is 10.2 Å². The minimum Gasteiger partial charge on any atom is -0.355 e. The van der Waals surface area contributed by atoms with Crippen LogP contribution >= 0.6 is 0 Å². The van der Waals surface area contributed by atoms with Crippen molar-refractivity contribution < 1.29 is 0 Å². The van der Waals surface area contributed by atoms with Gasteiger partial charge >= 0.3 is 0 Å². The minimum atomic E-state index is 0.770. The van der Waals surface area contributed by atoms with E-state index in [0.717, 1.165) is 24.3 Å². The zero-order valence-corrected chi connectivity index (χ0v) is 29.1. The van der Waals surface area contributed by atoms with Gasteiger partial charge in [-0.25, -0.2) is 0 Å². The van der Waals surface area contributed by atoms with Gasteiger partial charge in [-0.2, -0.15) is 0 Å². The molecule has 1 aromatic heterocycles. The van der Waals surface area contributed by atoms with Crippen molar-refractivity contribution in [1.29, 1.82) is 0 Å². The lowest BCUT2D eigenvalue weighted by Crippen LogP contribution is -2.16. The van der Waals surface area contributed by atoms with Gasteiger partial charge in [0.25, 0.3) is 0 Å². The highest BCUT2D eigenvalue weighted by Crippen LogP contribution is 2.36. The summed E-state index contributed by atoms with van der Waals surface area (Å²) in [6, 6.07) is 57.3. The maximum absolute atomic E-state index is 3.59. The maximum Gasteiger partial charge on any atom is 0.0558 e. The molecule has 7 rings (SSSR count). The molecule has 3 heteroatoms. The van der Waals surface area contributed by atoms with E-state index >= 15 is 0 Å². The second kappa shape index (κ2) is 17.9. The van der Waals surface area contributed by atoms with Crippen LogP contribution in [-0.2, 0) is 6.54 Å². The predicted molar refractivity (Wildman–Crippen MR) is 215 cm³/mol. The van der Waals surface area contributed by atoms with Crippen molar-refractivity contribution in [3.8, 4) is 0 Å². The fourth-order valence-electron chi connectivity index (χ4n) is 5.91. The Labute approximate surface area is 292 Å². The Kier molecular flexibility index (Phi) is 12.6. The van der Waals surface area contributed by atoms with Crippen LogP contribution in [0.15, 0.2) is 182 Å². The topological polar surface area (TPSA) is 20.2 Å². The number of para-hydroxylation sites is 3. The van der Waals surface area contributed by atoms with Crippen LogP contribution in [0.1, 0.15) is 39.7 Å². The van der Waals surface area contributed by atoms with Crippen LogP contribution in [-0.4, -0.2) is 4.57 Å². The van der Waals surface area contributed by atoms with Crippen LogP contribution in [0.2, 0.25) is 0 Å². The molecule has 0 aliphatic rings. The van der Waals surface area contributed by atoms with Gasteiger partial charge in [0.15, 0.2) is 0 Å². The largest absolute Gasteiger partial charge is 0.355 e. The summed E-state index contributed by atoms with van der Waals surface area (Å²) in [5, 5.41) is 6.11. The number of hydrogen-bond donors (Lipinski definition) is 1. The van der Waals surface area contributed by atoms with E-state index < -0.39 is 0 Å². The summed E-state index contributed by atoms with van der Waals surface area (Å²) in [7, 11) is 0. The highest BCUT2D eigenvalue weighted by molar-refractivity contribution is 6.11. The van der Waals surface area contributed by atoms with Crippen molar-refractivity contribution in [3.05, 3.63) is 188 Å². The molecule has 1 N–H and O–H groups in total. The monoisotopic (exact) mass is 641 g/mol. The summed E-state index contributed by atoms with van der Waals surface area (Å²) >= 11 is 0. The van der Waals surface area contributed by atoms with E-state index in [1.54, 1.807) is 0 Å². The molecule has 49 heavy (non-hydrogen) atoms. The fraction of sp³-hybridized carbons (Fsp3) is 0.130. The number of aromatic nitrogens is 1. The first-order valence-corrected chi connectivity index (χ1v) is 17.3. The maximum atomic E-state index is 3.59. The van der Waals surface area contributed by atoms with E-state index in [2.05, 4.69) is 168 Å². The van der Waals surface area contributed by atoms with Crippen molar-refractivity contribution in [2.24, 2.45) is 0 Å². The van der Waals surface area contributed by atoms with E-state index in [1.807, 2.05) is 56.3 Å². The Balaban J connectivity index is 0.000000522. The lowest BCUT2D eigenvalue weighted by molar-refractivity contribution is 0.975. The molecule has 0 aliphatic carbocycles. The van der Waals surface area contributed by atoms with Crippen molar-refractivity contribution in [2.45, 2.75) is 40.7 Å². The molecule has 0 aliphatic heterocycles. The van der Waals surface area contributed by atoms with Crippen molar-refractivity contribution in [3.63, 3.8) is 0 Å². The van der Waals surface area contributed by atoms with E-state index in [9.17, 15) is 0 Å². The van der Waals surface area contributed by atoms with Gasteiger partial charge in [-0.3, -0.25) is 0 Å². The van der Waals surface area contributed by atoms with Gasteiger partial charge < -0.3 is 14.8 Å². The molecule has 0 unspecified atom stereocenters. The fourth-order valence-corrected chi connectivity index (χ4v) is 5.91. The van der Waals surface area contributed by atoms with Crippen LogP contribution in [0.25, 0.3) is 27.5 Å². The molecule has 0 atom stereocenters. The Morgan fingerprint density at radius 3 is 1.61 bits per heavy atom. The molecule has 7 aromatic rings. The highest BCUT2D eigenvalue weighted by Gasteiger charge is 2.16. The van der Waals surface area contributed by atoms with E-state index in [1.165, 1.54) is 44.4 Å². The molecule has 0 radical (unpaired) electrons. The summed E-state index contributed by atoms with van der Waals surface area (Å²) in [6.07, 6.45) is 7.39. The van der Waals surface area contributed by atoms with Gasteiger partial charge in [0, 0.05) is 45.8 Å². The Morgan fingerprint density at radius 1 is 0.592 bits per heavy atom. The number of anilines is 4. The second-order valence-electron chi connectivity index (χ2n) is 11.4. The molecule has 1 heterocycles. The first-order valence-electron chi connectivity index (χ1n) is 17.3. The van der Waals surface area contributed by atoms with Gasteiger partial charge in [0.05, 0.1) is 11.0 Å². The van der Waals surface area contributed by atoms with Gasteiger partial charge in [0.1, 0.15) is 0 Å². The van der Waals surface area contributed by atoms with Gasteiger partial charge in [0.2, 0.25) is 0 Å². The molecule has 0 saturated carbocycles. The van der Waals surface area contributed by atoms with Crippen molar-refractivity contribution in [1.82, 2.24) is 4.57 Å². The number of nitrogens with zero attached hydrogens (tertiary/aromatic N) is 2. The van der Waals surface area contributed by atoms with E-state index in [4.69, 9.17) is 0 Å². The summed E-state index contributed by atoms with van der Waals surface area (Å²) < 4.78 is 2.44. The molecular weight excluding hydrogens is 595 g/mol. The van der Waals surface area contributed by atoms with Crippen molar-refractivity contribution >= 4 is 50.3 Å². The van der Waals surface area contributed by atoms with Crippen LogP contribution in [0, 0.1) is 0 Å². The number of nitrogens with one attached hydrogen (secondary N) is 1. The first kappa shape index (κ1) is 34.5. The molecule has 3 nitrogen and oxygen atoms in total. The second-order valence-corrected chi connectivity index (χ2v) is 11.4. The average molecular weight is 642 g/mol. The smallest absolute Gasteiger partial charge is 0.0558 e. The summed E-state index contributed by atoms with van der Waals surface area (Å²) in [6.45, 7) is 9.07. The molecule has 0 amide bonds. The minimum absolute atomic E-state index is 0.770. The molecular formula is C46H47N3. The van der Waals surface area contributed by atoms with Gasteiger partial charge in [-0.05, 0) is 79.6 Å². The summed E-state index contributed by atoms with van der Waals surface area (Å²) in [4.78, 5) is 2.38. The van der Waals surface area contributed by atoms with Crippen LogP contribution in [0.3, 0.4) is 0 Å². The van der Waals surface area contributed by atoms with Crippen molar-refractivity contribution in [2.75, 3.05) is 10.2 Å². The lowest BCUT2D eigenvalue weighted by atomic mass is 10.1. The predicted octanol–water partition coefficient (Wildman–Crippen LogP) is 13.4. The number of hydrogen-bond acceptors (Lipinski definition) is 2. The number of fused-ring (bicyclic) bond motifs is 3. The Bertz CT molecular complexity index is 1990. The van der Waals surface area contributed by atoms with E-state index in [-0.39, 0.29) is 0 Å². The molecule has 0 fully saturated rings. The van der Waals surface area contributed by atoms with Gasteiger partial charge in [-0.1, -0.05) is 142 Å². The highest BCUT2D eigenvalue weighted by atomic mass is 15.1. The van der Waals surface area contributed by atoms with Gasteiger partial charge in [-0.15, -0.1) is 0 Å². The number of benzene rings is 6. The molecule has 0 bridgehead atoms. The normalized spacial score (nSPS) is 11.1. The standard InChI is InChI=1S/C38H35N3.C6H6.C2H6/c1-3-5-17-32(4-2)41-37-26-29(28-40(33-18-11-7-12-19-33)34-20-13-8-14-21-34)22-24-35(37)36-25-23-31(27-38(36)41)39-30-15-9-6-10-16-30;1-2-4-6-5-3-1;1-2/h3,5-27,39H,4,28H2,1-2H3;1-6H;1-2H3/b5-3-,32-17+;;. The molecule has 0 saturated heterocycles. The molecule has 0 spiro atoms. The molecule has 6 aromatic carbocycles. The zero-order chi connectivity index (χ0) is 34.3. The Hall–Kier alpha value is -5.80. The number of allylic oxidation sites excluding steroid dienone is 4. The average Bonchev–Trinajstić information content (AvgIpc) is 3.49. The quantitative estimate of drug-likeness (QED) is 0.158. The third kappa shape index (κ3) is 8.77. The lowest BCUT2D eigenvalue weighted by Gasteiger charge is -2.25. The third-order valence-corrected chi connectivity index (χ3v) is 8.17. The zero-order valence-electron chi connectivity index (χ0n) is 29.1. The summed E-state index contributed by atoms with van der Waals surface area (Å²) in [5.41, 5.74) is 9.48. The third-order valence-electron chi connectivity index (χ3n) is 8.17. The SMILES string of the molecule is C/C=C\C=C(/CC)n1c2cc(CN(c3ccccc3)c3ccccc3)ccc2c2ccc(Nc3ccccc3)cc21.CC.c1ccccc1. The van der Waals surface area contributed by atoms with Crippen LogP contribution in [0.5, 0.6) is 0 Å². The molecule has 246 valence electrons. The summed E-state index contributed by atoms with van der Waals surface area (Å²) in [5.74, 6) is 0. The Morgan fingerprint density at radius 2 is 1.08 bits per heavy atom. The van der Waals surface area contributed by atoms with Crippen LogP contribution in [0.4, 0.5) is 22.7 Å². The number of rotatable bonds is 9. The first-order chi connectivity index (χ1) is 24.2. The van der Waals surface area contributed by atoms with E-state index in [0.29, 0.717) is 0 Å².